The van der Waals surface area contributed by atoms with Gasteiger partial charge < -0.3 is 24.5 Å². The van der Waals surface area contributed by atoms with Gasteiger partial charge in [0.2, 0.25) is 11.7 Å². The third kappa shape index (κ3) is 4.60. The van der Waals surface area contributed by atoms with Crippen LogP contribution < -0.4 is 15.4 Å². The van der Waals surface area contributed by atoms with Gasteiger partial charge in [0.15, 0.2) is 6.61 Å². The minimum Gasteiger partial charge on any atom is -0.484 e. The maximum absolute atomic E-state index is 13.5. The lowest BCUT2D eigenvalue weighted by Crippen LogP contribution is -2.51. The van der Waals surface area contributed by atoms with Crippen molar-refractivity contribution >= 4 is 29.0 Å². The van der Waals surface area contributed by atoms with Crippen LogP contribution in [0.1, 0.15) is 42.1 Å². The lowest BCUT2D eigenvalue weighted by Gasteiger charge is -2.38. The number of hydrogen-bond donors (Lipinski definition) is 2. The number of amides is 2. The molecule has 2 bridgehead atoms. The number of nitrogens with one attached hydrogen (secondary N) is 2. The Labute approximate surface area is 194 Å². The smallest absolute Gasteiger partial charge is 0.289 e. The van der Waals surface area contributed by atoms with Crippen molar-refractivity contribution in [1.82, 2.24) is 15.6 Å². The van der Waals surface area contributed by atoms with Crippen molar-refractivity contribution in [3.8, 4) is 5.75 Å². The first-order valence-electron chi connectivity index (χ1n) is 10.8. The Morgan fingerprint density at radius 1 is 1.30 bits per heavy atom. The molecule has 0 unspecified atom stereocenters. The molecule has 2 aromatic rings. The van der Waals surface area contributed by atoms with Crippen LogP contribution in [0, 0.1) is 11.7 Å². The van der Waals surface area contributed by atoms with Gasteiger partial charge in [0, 0.05) is 29.6 Å². The van der Waals surface area contributed by atoms with Gasteiger partial charge in [-0.25, -0.2) is 9.37 Å². The van der Waals surface area contributed by atoms with Gasteiger partial charge in [-0.3, -0.25) is 9.59 Å². The third-order valence-electron chi connectivity index (χ3n) is 6.44. The summed E-state index contributed by atoms with van der Waals surface area (Å²) in [7, 11) is 0. The highest BCUT2D eigenvalue weighted by Gasteiger charge is 2.57. The van der Waals surface area contributed by atoms with Gasteiger partial charge in [-0.2, -0.15) is 0 Å². The minimum absolute atomic E-state index is 0.00731. The normalized spacial score (nSPS) is 25.7. The van der Waals surface area contributed by atoms with Gasteiger partial charge in [0.05, 0.1) is 24.4 Å². The van der Waals surface area contributed by atoms with Crippen LogP contribution in [0.3, 0.4) is 0 Å². The molecule has 1 aromatic carbocycles. The summed E-state index contributed by atoms with van der Waals surface area (Å²) in [6.45, 7) is 0.888. The number of hydrogen-bond acceptors (Lipinski definition) is 6. The van der Waals surface area contributed by atoms with Crippen molar-refractivity contribution in [2.75, 3.05) is 19.8 Å². The first-order chi connectivity index (χ1) is 15.9. The van der Waals surface area contributed by atoms with Crippen LogP contribution in [-0.2, 0) is 9.53 Å². The second kappa shape index (κ2) is 8.79. The summed E-state index contributed by atoms with van der Waals surface area (Å²) in [6, 6.07) is 3.96. The molecule has 0 spiro atoms. The zero-order chi connectivity index (χ0) is 23.0. The molecule has 1 aromatic heterocycles. The molecule has 2 amide bonds. The monoisotopic (exact) mass is 475 g/mol. The number of carbonyl (C=O) groups excluding carboxylic acids is 2. The SMILES string of the molecule is O=C(COc1ccc(Cl)c(F)c1)N[C@H]1CC2(NC(=O)c3cnc(C4=CCOCC4)o3)CC1C2. The molecular weight excluding hydrogens is 453 g/mol. The number of oxazole rings is 1. The van der Waals surface area contributed by atoms with Crippen LogP contribution in [0.15, 0.2) is 34.9 Å². The number of benzene rings is 1. The number of fused-ring (bicyclic) bond motifs is 1. The lowest BCUT2D eigenvalue weighted by atomic mass is 9.76. The van der Waals surface area contributed by atoms with E-state index in [0.29, 0.717) is 37.9 Å². The van der Waals surface area contributed by atoms with Crippen LogP contribution in [0.25, 0.3) is 5.57 Å². The fourth-order valence-corrected chi connectivity index (χ4v) is 4.94. The number of rotatable bonds is 7. The maximum Gasteiger partial charge on any atom is 0.289 e. The average molecular weight is 476 g/mol. The second-order valence-corrected chi connectivity index (χ2v) is 9.14. The third-order valence-corrected chi connectivity index (χ3v) is 6.75. The molecular formula is C23H23ClFN3O5. The summed E-state index contributed by atoms with van der Waals surface area (Å²) in [5, 5.41) is 6.03. The molecule has 2 heterocycles. The van der Waals surface area contributed by atoms with Crippen LogP contribution in [-0.4, -0.2) is 48.2 Å². The summed E-state index contributed by atoms with van der Waals surface area (Å²) in [5.74, 6) is -0.0635. The van der Waals surface area contributed by atoms with Gasteiger partial charge in [-0.15, -0.1) is 0 Å². The minimum atomic E-state index is -0.604. The lowest BCUT2D eigenvalue weighted by molar-refractivity contribution is -0.124. The Hall–Kier alpha value is -2.91. The van der Waals surface area contributed by atoms with Crippen LogP contribution in [0.4, 0.5) is 4.39 Å². The van der Waals surface area contributed by atoms with Crippen molar-refractivity contribution in [2.45, 2.75) is 37.3 Å². The van der Waals surface area contributed by atoms with Crippen LogP contribution in [0.5, 0.6) is 5.75 Å². The van der Waals surface area contributed by atoms with Gasteiger partial charge in [0.1, 0.15) is 11.6 Å². The highest BCUT2D eigenvalue weighted by molar-refractivity contribution is 6.30. The van der Waals surface area contributed by atoms with E-state index in [1.165, 1.54) is 18.3 Å². The standard InChI is InChI=1S/C23H23ClFN3O5/c24-16-2-1-15(7-17(16)25)32-12-20(29)27-18-10-23(8-14(18)9-23)28-21(30)19-11-26-22(33-19)13-3-5-31-6-4-13/h1-3,7,11,14,18H,4-6,8-10,12H2,(H,27,29)(H,28,30)/t14?,18-,23?/m0/s1. The van der Waals surface area contributed by atoms with E-state index in [1.807, 2.05) is 6.08 Å². The first kappa shape index (κ1) is 21.9. The summed E-state index contributed by atoms with van der Waals surface area (Å²) < 4.78 is 29.8. The van der Waals surface area contributed by atoms with Gasteiger partial charge in [-0.05, 0) is 37.3 Å². The molecule has 8 nitrogen and oxygen atoms in total. The average Bonchev–Trinajstić information content (AvgIpc) is 3.48. The predicted octanol–water partition coefficient (Wildman–Crippen LogP) is 3.12. The van der Waals surface area contributed by atoms with Crippen molar-refractivity contribution in [2.24, 2.45) is 5.92 Å². The van der Waals surface area contributed by atoms with E-state index in [-0.39, 0.29) is 46.5 Å². The van der Waals surface area contributed by atoms with Crippen molar-refractivity contribution in [3.05, 3.63) is 53.0 Å². The molecule has 1 atom stereocenters. The number of nitrogens with zero attached hydrogens (tertiary/aromatic N) is 1. The summed E-state index contributed by atoms with van der Waals surface area (Å²) in [4.78, 5) is 29.3. The molecule has 1 aliphatic heterocycles. The number of carbonyl (C=O) groups is 2. The van der Waals surface area contributed by atoms with E-state index < -0.39 is 5.82 Å². The molecule has 4 aliphatic rings. The molecule has 0 saturated heterocycles. The molecule has 174 valence electrons. The molecule has 6 rings (SSSR count). The quantitative estimate of drug-likeness (QED) is 0.638. The highest BCUT2D eigenvalue weighted by atomic mass is 35.5. The van der Waals surface area contributed by atoms with Gasteiger partial charge >= 0.3 is 0 Å². The zero-order valence-corrected chi connectivity index (χ0v) is 18.5. The summed E-state index contributed by atoms with van der Waals surface area (Å²) in [5.41, 5.74) is 0.583. The topological polar surface area (TPSA) is 103 Å². The largest absolute Gasteiger partial charge is 0.484 e. The van der Waals surface area contributed by atoms with E-state index in [1.54, 1.807) is 0 Å². The van der Waals surface area contributed by atoms with Gasteiger partial charge in [0.25, 0.3) is 11.8 Å². The van der Waals surface area contributed by atoms with E-state index in [9.17, 15) is 14.0 Å². The fourth-order valence-electron chi connectivity index (χ4n) is 4.82. The number of halogens is 2. The van der Waals surface area contributed by atoms with E-state index in [4.69, 9.17) is 25.5 Å². The second-order valence-electron chi connectivity index (χ2n) is 8.73. The van der Waals surface area contributed by atoms with Crippen LogP contribution in [0.2, 0.25) is 5.02 Å². The Morgan fingerprint density at radius 2 is 2.15 bits per heavy atom. The van der Waals surface area contributed by atoms with E-state index >= 15 is 0 Å². The summed E-state index contributed by atoms with van der Waals surface area (Å²) >= 11 is 5.65. The zero-order valence-electron chi connectivity index (χ0n) is 17.7. The van der Waals surface area contributed by atoms with Crippen molar-refractivity contribution < 1.29 is 27.9 Å². The molecule has 0 radical (unpaired) electrons. The number of ether oxygens (including phenoxy) is 2. The molecule has 2 N–H and O–H groups in total. The Kier molecular flexibility index (Phi) is 5.84. The number of aromatic nitrogens is 1. The first-order valence-corrected chi connectivity index (χ1v) is 11.2. The fraction of sp³-hybridized carbons (Fsp3) is 0.435. The maximum atomic E-state index is 13.5. The molecule has 33 heavy (non-hydrogen) atoms. The predicted molar refractivity (Wildman–Crippen MR) is 116 cm³/mol. The van der Waals surface area contributed by atoms with E-state index in [2.05, 4.69) is 15.6 Å². The summed E-state index contributed by atoms with van der Waals surface area (Å²) in [6.07, 6.45) is 6.26. The molecule has 10 heteroatoms. The molecule has 3 saturated carbocycles. The Bertz CT molecular complexity index is 1110. The highest BCUT2D eigenvalue weighted by Crippen LogP contribution is 2.52. The van der Waals surface area contributed by atoms with Gasteiger partial charge in [-0.1, -0.05) is 17.7 Å². The Balaban J connectivity index is 1.12. The van der Waals surface area contributed by atoms with E-state index in [0.717, 1.165) is 24.5 Å². The van der Waals surface area contributed by atoms with Crippen molar-refractivity contribution in [3.63, 3.8) is 0 Å². The van der Waals surface area contributed by atoms with Crippen LogP contribution >= 0.6 is 11.6 Å². The Morgan fingerprint density at radius 3 is 2.91 bits per heavy atom. The molecule has 3 fully saturated rings. The molecule has 3 aliphatic carbocycles. The van der Waals surface area contributed by atoms with Crippen molar-refractivity contribution in [1.29, 1.82) is 0 Å².